The van der Waals surface area contributed by atoms with E-state index in [0.717, 1.165) is 12.8 Å². The van der Waals surface area contributed by atoms with Gasteiger partial charge in [-0.2, -0.15) is 0 Å². The van der Waals surface area contributed by atoms with Crippen LogP contribution in [0.3, 0.4) is 0 Å². The number of carbonyl (C=O) groups excluding carboxylic acids is 1. The summed E-state index contributed by atoms with van der Waals surface area (Å²) in [5.74, 6) is -2.23. The minimum atomic E-state index is -0.917. The molecule has 0 aliphatic heterocycles. The van der Waals surface area contributed by atoms with Crippen LogP contribution in [-0.2, 0) is 9.59 Å². The average Bonchev–Trinajstić information content (AvgIpc) is 2.64. The van der Waals surface area contributed by atoms with E-state index >= 15 is 0 Å². The van der Waals surface area contributed by atoms with Gasteiger partial charge in [0.15, 0.2) is 0 Å². The van der Waals surface area contributed by atoms with Gasteiger partial charge in [-0.25, -0.2) is 0 Å². The van der Waals surface area contributed by atoms with Gasteiger partial charge in [0.25, 0.3) is 0 Å². The van der Waals surface area contributed by atoms with Crippen molar-refractivity contribution in [2.75, 3.05) is 6.54 Å². The largest absolute Gasteiger partial charge is 0.481 e. The lowest BCUT2D eigenvalue weighted by Crippen LogP contribution is -2.42. The van der Waals surface area contributed by atoms with Crippen LogP contribution in [0.25, 0.3) is 0 Å². The van der Waals surface area contributed by atoms with Crippen molar-refractivity contribution < 1.29 is 19.8 Å². The normalized spacial score (nSPS) is 31.9. The number of amides is 1. The number of nitrogens with one attached hydrogen (secondary N) is 1. The molecule has 0 radical (unpaired) electrons. The van der Waals surface area contributed by atoms with Crippen LogP contribution in [0.1, 0.15) is 39.5 Å². The summed E-state index contributed by atoms with van der Waals surface area (Å²) in [5, 5.41) is 21.8. The highest BCUT2D eigenvalue weighted by atomic mass is 16.4. The summed E-state index contributed by atoms with van der Waals surface area (Å²) in [6.07, 6.45) is 3.39. The van der Waals surface area contributed by atoms with Crippen molar-refractivity contribution in [2.45, 2.75) is 45.1 Å². The second kappa shape index (κ2) is 4.23. The molecule has 5 nitrogen and oxygen atoms in total. The van der Waals surface area contributed by atoms with E-state index in [4.69, 9.17) is 5.11 Å². The smallest absolute Gasteiger partial charge is 0.307 e. The lowest BCUT2D eigenvalue weighted by Gasteiger charge is -2.22. The number of hydrogen-bond acceptors (Lipinski definition) is 3. The summed E-state index contributed by atoms with van der Waals surface area (Å²) in [6, 6.07) is 0. The van der Waals surface area contributed by atoms with Crippen LogP contribution in [0, 0.1) is 17.3 Å². The molecule has 2 aliphatic rings. The summed E-state index contributed by atoms with van der Waals surface area (Å²) in [4.78, 5) is 22.9. The molecule has 2 saturated carbocycles. The van der Waals surface area contributed by atoms with E-state index in [9.17, 15) is 14.7 Å². The number of hydrogen-bond donors (Lipinski definition) is 3. The Balaban J connectivity index is 1.88. The number of rotatable bonds is 4. The number of carbonyl (C=O) groups is 2. The SMILES string of the molecule is CC1(C)C(C(=O)O)C1C(=O)NCC1(O)CCCC1. The van der Waals surface area contributed by atoms with Gasteiger partial charge < -0.3 is 15.5 Å². The molecule has 0 spiro atoms. The zero-order valence-electron chi connectivity index (χ0n) is 10.9. The summed E-state index contributed by atoms with van der Waals surface area (Å²) in [7, 11) is 0. The first-order valence-corrected chi connectivity index (χ1v) is 6.51. The Morgan fingerprint density at radius 3 is 2.22 bits per heavy atom. The molecule has 0 heterocycles. The first-order chi connectivity index (χ1) is 8.28. The summed E-state index contributed by atoms with van der Waals surface area (Å²) in [5.41, 5.74) is -1.26. The van der Waals surface area contributed by atoms with Crippen molar-refractivity contribution in [3.8, 4) is 0 Å². The third kappa shape index (κ3) is 2.23. The highest BCUT2D eigenvalue weighted by Crippen LogP contribution is 2.58. The van der Waals surface area contributed by atoms with Crippen LogP contribution >= 0.6 is 0 Å². The van der Waals surface area contributed by atoms with Crippen LogP contribution in [0.2, 0.25) is 0 Å². The van der Waals surface area contributed by atoms with Crippen molar-refractivity contribution in [2.24, 2.45) is 17.3 Å². The van der Waals surface area contributed by atoms with Gasteiger partial charge in [0.1, 0.15) is 0 Å². The Morgan fingerprint density at radius 1 is 1.22 bits per heavy atom. The van der Waals surface area contributed by atoms with Crippen molar-refractivity contribution >= 4 is 11.9 Å². The van der Waals surface area contributed by atoms with E-state index in [1.54, 1.807) is 13.8 Å². The molecular weight excluding hydrogens is 234 g/mol. The number of carboxylic acid groups (broad SMARTS) is 1. The second-order valence-electron chi connectivity index (χ2n) is 6.26. The summed E-state index contributed by atoms with van der Waals surface area (Å²) < 4.78 is 0. The predicted octanol–water partition coefficient (Wildman–Crippen LogP) is 0.764. The highest BCUT2D eigenvalue weighted by Gasteiger charge is 2.65. The third-order valence-electron chi connectivity index (χ3n) is 4.50. The second-order valence-corrected chi connectivity index (χ2v) is 6.26. The van der Waals surface area contributed by atoms with Gasteiger partial charge in [-0.3, -0.25) is 9.59 Å². The summed E-state index contributed by atoms with van der Waals surface area (Å²) >= 11 is 0. The number of aliphatic carboxylic acids is 1. The molecule has 0 aromatic rings. The number of aliphatic hydroxyl groups is 1. The van der Waals surface area contributed by atoms with Crippen molar-refractivity contribution in [1.29, 1.82) is 0 Å². The highest BCUT2D eigenvalue weighted by molar-refractivity contribution is 5.91. The van der Waals surface area contributed by atoms with Crippen molar-refractivity contribution in [3.05, 3.63) is 0 Å². The Morgan fingerprint density at radius 2 is 1.78 bits per heavy atom. The average molecular weight is 255 g/mol. The first-order valence-electron chi connectivity index (χ1n) is 6.51. The zero-order valence-corrected chi connectivity index (χ0v) is 10.9. The maximum atomic E-state index is 11.9. The van der Waals surface area contributed by atoms with Gasteiger partial charge >= 0.3 is 5.97 Å². The van der Waals surface area contributed by atoms with Crippen LogP contribution in [0.5, 0.6) is 0 Å². The van der Waals surface area contributed by atoms with Gasteiger partial charge in [-0.1, -0.05) is 26.7 Å². The Labute approximate surface area is 107 Å². The minimum Gasteiger partial charge on any atom is -0.481 e. The van der Waals surface area contributed by atoms with Crippen LogP contribution in [-0.4, -0.2) is 34.2 Å². The quantitative estimate of drug-likeness (QED) is 0.692. The number of carboxylic acids is 1. The molecule has 2 rings (SSSR count). The van der Waals surface area contributed by atoms with Crippen molar-refractivity contribution in [1.82, 2.24) is 5.32 Å². The molecule has 2 atom stereocenters. The maximum absolute atomic E-state index is 11.9. The Kier molecular flexibility index (Phi) is 3.13. The first kappa shape index (κ1) is 13.3. The lowest BCUT2D eigenvalue weighted by molar-refractivity contribution is -0.140. The molecule has 1 amide bonds. The topological polar surface area (TPSA) is 86.6 Å². The van der Waals surface area contributed by atoms with Gasteiger partial charge in [-0.05, 0) is 18.3 Å². The molecule has 5 heteroatoms. The maximum Gasteiger partial charge on any atom is 0.307 e. The Bertz CT molecular complexity index is 371. The fourth-order valence-electron chi connectivity index (χ4n) is 3.16. The molecule has 2 aliphatic carbocycles. The van der Waals surface area contributed by atoms with Gasteiger partial charge in [0, 0.05) is 6.54 Å². The predicted molar refractivity (Wildman–Crippen MR) is 64.8 cm³/mol. The molecule has 18 heavy (non-hydrogen) atoms. The molecule has 2 unspecified atom stereocenters. The molecule has 0 bridgehead atoms. The molecule has 0 saturated heterocycles. The van der Waals surface area contributed by atoms with E-state index < -0.39 is 28.8 Å². The lowest BCUT2D eigenvalue weighted by atomic mass is 10.0. The van der Waals surface area contributed by atoms with E-state index in [0.29, 0.717) is 12.8 Å². The van der Waals surface area contributed by atoms with E-state index in [1.165, 1.54) is 0 Å². The fourth-order valence-corrected chi connectivity index (χ4v) is 3.16. The minimum absolute atomic E-state index is 0.241. The third-order valence-corrected chi connectivity index (χ3v) is 4.50. The van der Waals surface area contributed by atoms with E-state index in [1.807, 2.05) is 0 Å². The van der Waals surface area contributed by atoms with Crippen LogP contribution in [0.4, 0.5) is 0 Å². The Hall–Kier alpha value is -1.10. The van der Waals surface area contributed by atoms with Crippen LogP contribution < -0.4 is 5.32 Å². The van der Waals surface area contributed by atoms with Crippen LogP contribution in [0.15, 0.2) is 0 Å². The van der Waals surface area contributed by atoms with Crippen molar-refractivity contribution in [3.63, 3.8) is 0 Å². The molecule has 2 fully saturated rings. The summed E-state index contributed by atoms with van der Waals surface area (Å²) in [6.45, 7) is 3.82. The molecule has 102 valence electrons. The van der Waals surface area contributed by atoms with Gasteiger partial charge in [0.05, 0.1) is 17.4 Å². The molecule has 0 aromatic heterocycles. The molecule has 0 aromatic carbocycles. The van der Waals surface area contributed by atoms with Gasteiger partial charge in [0.2, 0.25) is 5.91 Å². The van der Waals surface area contributed by atoms with E-state index in [-0.39, 0.29) is 12.5 Å². The molecule has 3 N–H and O–H groups in total. The zero-order chi connectivity index (χ0) is 13.6. The van der Waals surface area contributed by atoms with Gasteiger partial charge in [-0.15, -0.1) is 0 Å². The fraction of sp³-hybridized carbons (Fsp3) is 0.846. The monoisotopic (exact) mass is 255 g/mol. The van der Waals surface area contributed by atoms with E-state index in [2.05, 4.69) is 5.32 Å². The standard InChI is InChI=1S/C13H21NO4/c1-12(2)8(9(12)11(16)17)10(15)14-7-13(18)5-3-4-6-13/h8-9,18H,3-7H2,1-2H3,(H,14,15)(H,16,17). The molecular formula is C13H21NO4.